The van der Waals surface area contributed by atoms with Crippen LogP contribution in [0.4, 0.5) is 0 Å². The van der Waals surface area contributed by atoms with Gasteiger partial charge in [0.15, 0.2) is 28.8 Å². The van der Waals surface area contributed by atoms with Crippen LogP contribution in [-0.4, -0.2) is 33.2 Å². The lowest BCUT2D eigenvalue weighted by molar-refractivity contribution is -0.200. The molecular weight excluding hydrogens is 552 g/mol. The summed E-state index contributed by atoms with van der Waals surface area (Å²) >= 11 is 0. The number of Topliss-reactive ketones (excluding diaryl/α,β-unsaturated/α-hetero) is 3. The molecule has 1 aromatic rings. The molecule has 6 heteroatoms. The van der Waals surface area contributed by atoms with Gasteiger partial charge in [-0.25, -0.2) is 0 Å². The molecule has 1 aromatic carbocycles. The average molecular weight is 603 g/mol. The Morgan fingerprint density at radius 3 is 2.23 bits per heavy atom. The summed E-state index contributed by atoms with van der Waals surface area (Å²) in [5, 5.41) is 20.3. The number of allylic oxidation sites excluding steroid dienone is 6. The van der Waals surface area contributed by atoms with Gasteiger partial charge in [-0.3, -0.25) is 14.4 Å². The van der Waals surface area contributed by atoms with E-state index in [1.165, 1.54) is 23.8 Å². The van der Waals surface area contributed by atoms with Crippen LogP contribution in [-0.2, 0) is 14.3 Å². The first-order valence-corrected chi connectivity index (χ1v) is 16.2. The molecule has 44 heavy (non-hydrogen) atoms. The molecule has 0 radical (unpaired) electrons. The molecule has 1 saturated heterocycles. The van der Waals surface area contributed by atoms with Gasteiger partial charge in [0.1, 0.15) is 22.3 Å². The van der Waals surface area contributed by atoms with Crippen molar-refractivity contribution in [3.05, 3.63) is 58.4 Å². The highest BCUT2D eigenvalue weighted by Gasteiger charge is 2.75. The second kappa shape index (κ2) is 10.5. The van der Waals surface area contributed by atoms with Crippen molar-refractivity contribution in [1.29, 1.82) is 0 Å². The smallest absolute Gasteiger partial charge is 0.200 e. The van der Waals surface area contributed by atoms with E-state index in [9.17, 15) is 15.0 Å². The summed E-state index contributed by atoms with van der Waals surface area (Å²) in [5.41, 5.74) is -1.73. The van der Waals surface area contributed by atoms with E-state index < -0.39 is 39.2 Å². The third-order valence-corrected chi connectivity index (χ3v) is 11.7. The van der Waals surface area contributed by atoms with E-state index in [2.05, 4.69) is 40.7 Å². The van der Waals surface area contributed by atoms with Gasteiger partial charge < -0.3 is 14.9 Å². The maximum Gasteiger partial charge on any atom is 0.200 e. The van der Waals surface area contributed by atoms with Crippen molar-refractivity contribution >= 4 is 17.3 Å². The number of hydrogen-bond donors (Lipinski definition) is 2. The quantitative estimate of drug-likeness (QED) is 0.111. The van der Waals surface area contributed by atoms with E-state index in [1.807, 2.05) is 33.8 Å². The maximum atomic E-state index is 15.4. The Labute approximate surface area is 262 Å². The number of phenols is 2. The standard InChI is InChI=1S/C38H50O6/c1-22(2)10-12-25-19-37-20-26-15-16-34(5,6)21-36(26,9)44-32(37)29(30(41)24-11-13-27(39)28(40)18-24)31(42)38(33(37)43,35(25,7)8)17-14-23(3)4/h10-11,13-14,18,25-26,39-40H,12,15-17,19-21H2,1-9H3/t25-,26+,36+,37-,38-/m1/s1. The number of aromatic hydroxyl groups is 2. The molecule has 1 aliphatic heterocycles. The van der Waals surface area contributed by atoms with Crippen LogP contribution in [0.3, 0.4) is 0 Å². The van der Waals surface area contributed by atoms with Crippen molar-refractivity contribution in [1.82, 2.24) is 0 Å². The zero-order valence-corrected chi connectivity index (χ0v) is 28.0. The van der Waals surface area contributed by atoms with Crippen LogP contribution in [0, 0.1) is 33.5 Å². The third kappa shape index (κ3) is 4.70. The summed E-state index contributed by atoms with van der Waals surface area (Å²) in [5.74, 6) is -1.59. The van der Waals surface area contributed by atoms with Crippen molar-refractivity contribution in [3.8, 4) is 11.5 Å². The first-order chi connectivity index (χ1) is 20.3. The highest BCUT2D eigenvalue weighted by Crippen LogP contribution is 2.70. The van der Waals surface area contributed by atoms with Crippen LogP contribution in [0.5, 0.6) is 11.5 Å². The zero-order valence-electron chi connectivity index (χ0n) is 28.0. The molecule has 2 saturated carbocycles. The number of ketones is 3. The fourth-order valence-electron chi connectivity index (χ4n) is 9.10. The Morgan fingerprint density at radius 1 is 0.955 bits per heavy atom. The minimum Gasteiger partial charge on any atom is -0.504 e. The predicted octanol–water partition coefficient (Wildman–Crippen LogP) is 8.42. The van der Waals surface area contributed by atoms with Crippen LogP contribution in [0.2, 0.25) is 0 Å². The second-order valence-electron chi connectivity index (χ2n) is 16.2. The summed E-state index contributed by atoms with van der Waals surface area (Å²) in [6.07, 6.45) is 8.88. The summed E-state index contributed by atoms with van der Waals surface area (Å²) < 4.78 is 7.03. The van der Waals surface area contributed by atoms with Gasteiger partial charge >= 0.3 is 0 Å². The second-order valence-corrected chi connectivity index (χ2v) is 16.2. The molecule has 0 amide bonds. The van der Waals surface area contributed by atoms with E-state index in [1.54, 1.807) is 0 Å². The monoisotopic (exact) mass is 602 g/mol. The molecule has 1 spiro atoms. The predicted molar refractivity (Wildman–Crippen MR) is 171 cm³/mol. The lowest BCUT2D eigenvalue weighted by atomic mass is 9.38. The summed E-state index contributed by atoms with van der Waals surface area (Å²) in [6.45, 7) is 18.7. The molecule has 2 bridgehead atoms. The molecule has 0 unspecified atom stereocenters. The largest absolute Gasteiger partial charge is 0.504 e. The van der Waals surface area contributed by atoms with Crippen LogP contribution in [0.1, 0.15) is 118 Å². The summed E-state index contributed by atoms with van der Waals surface area (Å²) in [7, 11) is 0. The summed E-state index contributed by atoms with van der Waals surface area (Å²) in [6, 6.07) is 3.86. The van der Waals surface area contributed by atoms with Gasteiger partial charge in [-0.2, -0.15) is 0 Å². The molecule has 3 fully saturated rings. The SMILES string of the molecule is CC(C)=CC[C@@H]1C[C@@]23C[C@@H]4CCC(C)(C)C[C@]4(C)OC2=C(C(=O)c2ccc(O)c(O)c2)C(=O)[C@](CC=C(C)C)(C3=O)C1(C)C. The van der Waals surface area contributed by atoms with Crippen molar-refractivity contribution in [2.24, 2.45) is 33.5 Å². The van der Waals surface area contributed by atoms with Crippen LogP contribution in [0.25, 0.3) is 0 Å². The van der Waals surface area contributed by atoms with Gasteiger partial charge in [0.25, 0.3) is 0 Å². The van der Waals surface area contributed by atoms with Gasteiger partial charge in [0.05, 0.1) is 5.41 Å². The van der Waals surface area contributed by atoms with E-state index in [-0.39, 0.29) is 52.1 Å². The number of benzene rings is 1. The number of fused-ring (bicyclic) bond motifs is 2. The molecule has 5 rings (SSSR count). The van der Waals surface area contributed by atoms with Gasteiger partial charge in [-0.15, -0.1) is 0 Å². The fraction of sp³-hybridized carbons (Fsp3) is 0.605. The molecule has 5 atom stereocenters. The third-order valence-electron chi connectivity index (χ3n) is 11.7. The Hall–Kier alpha value is -3.15. The molecule has 238 valence electrons. The zero-order chi connectivity index (χ0) is 32.6. The molecule has 4 aliphatic rings. The number of phenolic OH excluding ortho intramolecular Hbond substituents is 2. The number of ether oxygens (including phenoxy) is 1. The molecule has 1 heterocycles. The van der Waals surface area contributed by atoms with Crippen molar-refractivity contribution in [2.45, 2.75) is 113 Å². The molecule has 2 N–H and O–H groups in total. The van der Waals surface area contributed by atoms with Gasteiger partial charge in [-0.1, -0.05) is 51.0 Å². The van der Waals surface area contributed by atoms with Crippen molar-refractivity contribution in [3.63, 3.8) is 0 Å². The van der Waals surface area contributed by atoms with Crippen molar-refractivity contribution < 1.29 is 29.3 Å². The van der Waals surface area contributed by atoms with Crippen LogP contribution in [0.15, 0.2) is 52.8 Å². The number of hydrogen-bond acceptors (Lipinski definition) is 6. The summed E-state index contributed by atoms with van der Waals surface area (Å²) in [4.78, 5) is 45.2. The highest BCUT2D eigenvalue weighted by molar-refractivity contribution is 6.35. The molecule has 6 nitrogen and oxygen atoms in total. The number of rotatable bonds is 6. The van der Waals surface area contributed by atoms with Crippen LogP contribution >= 0.6 is 0 Å². The van der Waals surface area contributed by atoms with Crippen molar-refractivity contribution in [2.75, 3.05) is 0 Å². The van der Waals surface area contributed by atoms with Crippen LogP contribution < -0.4 is 0 Å². The molecule has 0 aromatic heterocycles. The van der Waals surface area contributed by atoms with E-state index in [0.717, 1.165) is 31.3 Å². The van der Waals surface area contributed by atoms with Gasteiger partial charge in [0.2, 0.25) is 0 Å². The van der Waals surface area contributed by atoms with Gasteiger partial charge in [-0.05, 0) is 120 Å². The van der Waals surface area contributed by atoms with Gasteiger partial charge in [0, 0.05) is 5.56 Å². The Kier molecular flexibility index (Phi) is 7.66. The lowest BCUT2D eigenvalue weighted by Gasteiger charge is -2.65. The highest BCUT2D eigenvalue weighted by atomic mass is 16.5. The Balaban J connectivity index is 1.83. The minimum absolute atomic E-state index is 0.00182. The number of carbonyl (C=O) groups is 3. The van der Waals surface area contributed by atoms with E-state index in [4.69, 9.17) is 4.74 Å². The topological polar surface area (TPSA) is 101 Å². The average Bonchev–Trinajstić information content (AvgIpc) is 2.90. The minimum atomic E-state index is -1.46. The maximum absolute atomic E-state index is 15.4. The fourth-order valence-corrected chi connectivity index (χ4v) is 9.10. The first kappa shape index (κ1) is 32.2. The molecule has 3 aliphatic carbocycles. The Bertz CT molecular complexity index is 1510. The number of carbonyl (C=O) groups excluding carboxylic acids is 3. The normalized spacial score (nSPS) is 33.5. The van der Waals surface area contributed by atoms with E-state index in [0.29, 0.717) is 12.8 Å². The molecular formula is C38H50O6. The Morgan fingerprint density at radius 2 is 1.61 bits per heavy atom. The first-order valence-electron chi connectivity index (χ1n) is 16.2. The lowest BCUT2D eigenvalue weighted by Crippen LogP contribution is -2.70. The van der Waals surface area contributed by atoms with E-state index >= 15 is 9.59 Å².